The molecule has 322 valence electrons. The highest BCUT2D eigenvalue weighted by molar-refractivity contribution is 6.23. The van der Waals surface area contributed by atoms with Crippen LogP contribution in [-0.2, 0) is 35.2 Å². The minimum atomic E-state index is -2.07. The van der Waals surface area contributed by atoms with Gasteiger partial charge in [0.2, 0.25) is 0 Å². The number of hydrogen-bond acceptors (Lipinski definition) is 14. The predicted molar refractivity (Wildman–Crippen MR) is 223 cm³/mol. The van der Waals surface area contributed by atoms with E-state index in [0.717, 1.165) is 11.8 Å². The van der Waals surface area contributed by atoms with Crippen molar-refractivity contribution in [2.24, 2.45) is 28.8 Å². The molecule has 15 heteroatoms. The second kappa shape index (κ2) is 18.6. The molecule has 3 aromatic carbocycles. The van der Waals surface area contributed by atoms with Gasteiger partial charge in [-0.25, -0.2) is 0 Å². The number of nitrogens with one attached hydrogen (secondary N) is 1. The van der Waals surface area contributed by atoms with Crippen molar-refractivity contribution >= 4 is 40.3 Å². The fourth-order valence-corrected chi connectivity index (χ4v) is 7.65. The average Bonchev–Trinajstić information content (AvgIpc) is 3.48. The van der Waals surface area contributed by atoms with Crippen molar-refractivity contribution in [2.45, 2.75) is 92.2 Å². The van der Waals surface area contributed by atoms with Gasteiger partial charge in [-0.3, -0.25) is 14.4 Å². The Bertz CT molecular complexity index is 2230. The summed E-state index contributed by atoms with van der Waals surface area (Å²) in [5.41, 5.74) is 0.113. The monoisotopic (exact) mass is 830 g/mol. The standard InChI is InChI=1S/C45H54N2O13/c1-22-14-13-15-23(2)44(55)47-35-30(20-46-58-21-29-16-11-10-12-17-29)39(52)32-33(40(35)53)38(51)27(6)42-34(32)43(54)45(8,60-42)57-19-18-31(56-9)24(3)41(59-28(7)48)26(5)37(50)25(4)36(22)49/h10-20,22,24-26,31,36-37,41,49-53H,21H2,1-9H3,(H,47,55)/b14-13+,19-18+,23-15+,46-20-/t22-,24+,25+,26+,31-,36-,37+,41+,45-/m0/s1. The fraction of sp³-hybridized carbons (Fsp3) is 0.422. The molecule has 0 radical (unpaired) electrons. The molecule has 0 fully saturated rings. The number of benzene rings is 3. The van der Waals surface area contributed by atoms with E-state index in [1.54, 1.807) is 39.8 Å². The third-order valence-electron chi connectivity index (χ3n) is 11.4. The number of carbonyl (C=O) groups excluding carboxylic acids is 3. The molecule has 9 atom stereocenters. The minimum absolute atomic E-state index is 0.0270. The Kier molecular flexibility index (Phi) is 14.0. The molecular formula is C45H54N2O13. The lowest BCUT2D eigenvalue weighted by Crippen LogP contribution is -2.46. The molecule has 0 saturated carbocycles. The summed E-state index contributed by atoms with van der Waals surface area (Å²) in [7, 11) is 1.43. The van der Waals surface area contributed by atoms with Crippen LogP contribution < -0.4 is 10.1 Å². The molecule has 1 amide bonds. The van der Waals surface area contributed by atoms with E-state index < -0.39 is 88.8 Å². The topological polar surface area (TPSA) is 223 Å². The number of fused-ring (bicyclic) bond motifs is 14. The van der Waals surface area contributed by atoms with E-state index in [2.05, 4.69) is 10.5 Å². The van der Waals surface area contributed by atoms with E-state index in [1.807, 2.05) is 30.3 Å². The smallest absolute Gasteiger partial charge is 0.312 e. The van der Waals surface area contributed by atoms with Gasteiger partial charge in [0.1, 0.15) is 30.0 Å². The van der Waals surface area contributed by atoms with Gasteiger partial charge in [-0.1, -0.05) is 81.4 Å². The zero-order valence-electron chi connectivity index (χ0n) is 35.1. The maximum atomic E-state index is 14.4. The average molecular weight is 831 g/mol. The number of nitrogens with zero attached hydrogens (tertiary/aromatic N) is 1. The Hall–Kier alpha value is -5.90. The highest BCUT2D eigenvalue weighted by Crippen LogP contribution is 2.55. The maximum absolute atomic E-state index is 14.4. The summed E-state index contributed by atoms with van der Waals surface area (Å²) < 4.78 is 23.5. The Morgan fingerprint density at radius 2 is 1.62 bits per heavy atom. The number of ether oxygens (including phenoxy) is 4. The number of anilines is 1. The number of rotatable bonds is 6. The van der Waals surface area contributed by atoms with Gasteiger partial charge >= 0.3 is 11.8 Å². The van der Waals surface area contributed by atoms with Crippen LogP contribution in [0.1, 0.15) is 75.5 Å². The van der Waals surface area contributed by atoms with Crippen LogP contribution >= 0.6 is 0 Å². The third-order valence-corrected chi connectivity index (χ3v) is 11.4. The zero-order chi connectivity index (χ0) is 44.2. The Balaban J connectivity index is 1.69. The van der Waals surface area contributed by atoms with Crippen molar-refractivity contribution in [2.75, 3.05) is 12.4 Å². The largest absolute Gasteiger partial charge is 0.507 e. The van der Waals surface area contributed by atoms with E-state index in [0.29, 0.717) is 0 Å². The van der Waals surface area contributed by atoms with Gasteiger partial charge in [-0.2, -0.15) is 0 Å². The molecule has 6 rings (SSSR count). The van der Waals surface area contributed by atoms with E-state index in [9.17, 15) is 39.9 Å². The van der Waals surface area contributed by atoms with Gasteiger partial charge in [-0.05, 0) is 25.5 Å². The molecule has 0 aliphatic carbocycles. The Morgan fingerprint density at radius 1 is 0.933 bits per heavy atom. The van der Waals surface area contributed by atoms with Gasteiger partial charge < -0.3 is 54.6 Å². The zero-order valence-corrected chi connectivity index (χ0v) is 35.1. The molecule has 3 aliphatic rings. The first kappa shape index (κ1) is 45.2. The van der Waals surface area contributed by atoms with Crippen LogP contribution in [-0.4, -0.2) is 86.7 Å². The normalized spacial score (nSPS) is 29.7. The lowest BCUT2D eigenvalue weighted by molar-refractivity contribution is -0.160. The number of amides is 1. The van der Waals surface area contributed by atoms with E-state index in [4.69, 9.17) is 23.8 Å². The van der Waals surface area contributed by atoms with Crippen molar-refractivity contribution in [3.8, 4) is 23.0 Å². The van der Waals surface area contributed by atoms with Crippen LogP contribution in [0.25, 0.3) is 10.8 Å². The first-order valence-corrected chi connectivity index (χ1v) is 19.6. The number of phenolic OH excluding ortho intramolecular Hbond substituents is 3. The summed E-state index contributed by atoms with van der Waals surface area (Å²) in [6.07, 6.45) is 4.47. The summed E-state index contributed by atoms with van der Waals surface area (Å²) in [6, 6.07) is 9.10. The van der Waals surface area contributed by atoms with E-state index >= 15 is 0 Å². The fourth-order valence-electron chi connectivity index (χ4n) is 7.65. The van der Waals surface area contributed by atoms with Crippen molar-refractivity contribution < 1.29 is 63.7 Å². The summed E-state index contributed by atoms with van der Waals surface area (Å²) in [6.45, 7) is 12.4. The number of aliphatic hydroxyl groups excluding tert-OH is 2. The summed E-state index contributed by atoms with van der Waals surface area (Å²) in [4.78, 5) is 45.9. The van der Waals surface area contributed by atoms with Crippen molar-refractivity contribution in [3.05, 3.63) is 88.7 Å². The highest BCUT2D eigenvalue weighted by Gasteiger charge is 2.50. The number of hydrogen-bond donors (Lipinski definition) is 6. The lowest BCUT2D eigenvalue weighted by atomic mass is 9.78. The van der Waals surface area contributed by atoms with Gasteiger partial charge in [0.05, 0.1) is 53.0 Å². The van der Waals surface area contributed by atoms with Crippen LogP contribution in [0.15, 0.2) is 71.6 Å². The number of oxime groups is 1. The Labute approximate surface area is 348 Å². The first-order valence-electron chi connectivity index (χ1n) is 19.6. The third kappa shape index (κ3) is 8.98. The number of aliphatic hydroxyl groups is 2. The van der Waals surface area contributed by atoms with Gasteiger partial charge in [0.25, 0.3) is 11.7 Å². The molecule has 0 spiro atoms. The highest BCUT2D eigenvalue weighted by atomic mass is 16.7. The second-order valence-corrected chi connectivity index (χ2v) is 15.6. The molecule has 6 N–H and O–H groups in total. The van der Waals surface area contributed by atoms with E-state index in [-0.39, 0.29) is 51.1 Å². The van der Waals surface area contributed by atoms with Crippen LogP contribution in [0, 0.1) is 30.6 Å². The molecule has 0 aromatic heterocycles. The van der Waals surface area contributed by atoms with Crippen molar-refractivity contribution in [1.29, 1.82) is 0 Å². The van der Waals surface area contributed by atoms with Gasteiger partial charge in [0, 0.05) is 61.2 Å². The van der Waals surface area contributed by atoms with Crippen molar-refractivity contribution in [1.82, 2.24) is 0 Å². The molecular weight excluding hydrogens is 776 g/mol. The number of Topliss-reactive ketones (excluding diaryl/α,β-unsaturated/α-hetero) is 1. The van der Waals surface area contributed by atoms with Crippen LogP contribution in [0.2, 0.25) is 0 Å². The van der Waals surface area contributed by atoms with Crippen LogP contribution in [0.5, 0.6) is 23.0 Å². The number of allylic oxidation sites excluding steroid dienone is 2. The van der Waals surface area contributed by atoms with Crippen molar-refractivity contribution in [3.63, 3.8) is 0 Å². The second-order valence-electron chi connectivity index (χ2n) is 15.6. The van der Waals surface area contributed by atoms with E-state index in [1.165, 1.54) is 53.2 Å². The quantitative estimate of drug-likeness (QED) is 0.0528. The predicted octanol–water partition coefficient (Wildman–Crippen LogP) is 6.30. The molecule has 5 bridgehead atoms. The maximum Gasteiger partial charge on any atom is 0.312 e. The molecule has 3 aromatic rings. The number of phenols is 3. The van der Waals surface area contributed by atoms with Crippen LogP contribution in [0.4, 0.5) is 5.69 Å². The number of carbonyl (C=O) groups is 3. The number of esters is 1. The summed E-state index contributed by atoms with van der Waals surface area (Å²) >= 11 is 0. The summed E-state index contributed by atoms with van der Waals surface area (Å²) in [5, 5.41) is 64.2. The van der Waals surface area contributed by atoms with Gasteiger partial charge in [0.15, 0.2) is 5.75 Å². The molecule has 15 nitrogen and oxygen atoms in total. The molecule has 3 aliphatic heterocycles. The summed E-state index contributed by atoms with van der Waals surface area (Å²) in [5.74, 6) is -8.73. The molecule has 0 unspecified atom stereocenters. The lowest BCUT2D eigenvalue weighted by Gasteiger charge is -2.38. The minimum Gasteiger partial charge on any atom is -0.507 e. The molecule has 3 heterocycles. The van der Waals surface area contributed by atoms with Crippen LogP contribution in [0.3, 0.4) is 0 Å². The molecule has 60 heavy (non-hydrogen) atoms. The van der Waals surface area contributed by atoms with Gasteiger partial charge in [-0.15, -0.1) is 0 Å². The Morgan fingerprint density at radius 3 is 2.27 bits per heavy atom. The molecule has 0 saturated heterocycles. The first-order chi connectivity index (χ1) is 28.3. The number of methoxy groups -OCH3 is 1. The SMILES string of the molecule is CO[C@H]1/C=C/O[C@@]2(C)Oc3c(C)c(O)c4c(O)c(c(/C=N\OCc5ccccc5)c(O)c4c3C2=O)NC(=O)/C(C)=C/C=C/[C@H](C)[C@H](O)[C@@H](C)[C@@H](O)[C@@H](C)[C@H](OC(C)=O)[C@@H]1C. The number of aromatic hydroxyl groups is 3. The number of ketones is 1.